The molecule has 1 aliphatic carbocycles. The van der Waals surface area contributed by atoms with Gasteiger partial charge in [-0.15, -0.1) is 0 Å². The van der Waals surface area contributed by atoms with Gasteiger partial charge in [0, 0.05) is 19.5 Å². The van der Waals surface area contributed by atoms with Gasteiger partial charge in [0.2, 0.25) is 5.91 Å². The molecule has 1 N–H and O–H groups in total. The lowest BCUT2D eigenvalue weighted by molar-refractivity contribution is -0.131. The molecular formula is C25H27NO3. The van der Waals surface area contributed by atoms with Gasteiger partial charge >= 0.3 is 5.97 Å². The van der Waals surface area contributed by atoms with Crippen molar-refractivity contribution >= 4 is 11.9 Å². The third-order valence-corrected chi connectivity index (χ3v) is 5.10. The third kappa shape index (κ3) is 5.23. The number of carboxylic acid groups (broad SMARTS) is 1. The van der Waals surface area contributed by atoms with E-state index in [9.17, 15) is 14.7 Å². The summed E-state index contributed by atoms with van der Waals surface area (Å²) in [5.74, 6) is -0.753. The Morgan fingerprint density at radius 2 is 1.66 bits per heavy atom. The number of nitrogens with zero attached hydrogens (tertiary/aromatic N) is 1. The van der Waals surface area contributed by atoms with E-state index in [1.165, 1.54) is 12.8 Å². The van der Waals surface area contributed by atoms with Crippen molar-refractivity contribution in [1.29, 1.82) is 0 Å². The molecule has 1 aliphatic heterocycles. The molecule has 150 valence electrons. The molecule has 0 atom stereocenters. The van der Waals surface area contributed by atoms with Gasteiger partial charge in [0.05, 0.1) is 5.56 Å². The lowest BCUT2D eigenvalue weighted by atomic mass is 9.97. The van der Waals surface area contributed by atoms with E-state index in [0.717, 1.165) is 23.1 Å². The standard InChI is InChI=1S/C19H19NO3.C6H8/c1-2-5-18(21)20-11-14-9-8-13(10-15(14)12-20)16-6-3-4-7-17(16)19(22)23;1-2-4-6-5-3-1/h3-4,6-10H,2,5,11-12H2,1H3,(H,22,23);1-4H,5-6H2. The van der Waals surface area contributed by atoms with Gasteiger partial charge in [0.1, 0.15) is 0 Å². The Morgan fingerprint density at radius 3 is 2.28 bits per heavy atom. The summed E-state index contributed by atoms with van der Waals surface area (Å²) < 4.78 is 0. The highest BCUT2D eigenvalue weighted by atomic mass is 16.4. The molecule has 4 rings (SSSR count). The summed E-state index contributed by atoms with van der Waals surface area (Å²) in [4.78, 5) is 25.3. The van der Waals surface area contributed by atoms with Crippen LogP contribution >= 0.6 is 0 Å². The fourth-order valence-electron chi connectivity index (χ4n) is 3.57. The number of hydrogen-bond donors (Lipinski definition) is 1. The summed E-state index contributed by atoms with van der Waals surface area (Å²) in [5.41, 5.74) is 4.13. The van der Waals surface area contributed by atoms with Crippen LogP contribution in [0, 0.1) is 0 Å². The van der Waals surface area contributed by atoms with Gasteiger partial charge in [0.25, 0.3) is 0 Å². The minimum atomic E-state index is -0.930. The van der Waals surface area contributed by atoms with Gasteiger partial charge in [-0.05, 0) is 53.6 Å². The maximum absolute atomic E-state index is 12.1. The van der Waals surface area contributed by atoms with Gasteiger partial charge in [-0.3, -0.25) is 4.79 Å². The topological polar surface area (TPSA) is 57.6 Å². The van der Waals surface area contributed by atoms with Crippen LogP contribution in [0.5, 0.6) is 0 Å². The minimum absolute atomic E-state index is 0.177. The second kappa shape index (κ2) is 9.87. The summed E-state index contributed by atoms with van der Waals surface area (Å²) in [7, 11) is 0. The van der Waals surface area contributed by atoms with Crippen LogP contribution in [0.2, 0.25) is 0 Å². The maximum atomic E-state index is 12.1. The molecule has 0 spiro atoms. The smallest absolute Gasteiger partial charge is 0.336 e. The normalized spacial score (nSPS) is 14.2. The molecule has 1 amide bonds. The number of carboxylic acids is 1. The molecule has 0 fully saturated rings. The van der Waals surface area contributed by atoms with E-state index in [0.29, 0.717) is 30.6 Å². The highest BCUT2D eigenvalue weighted by Gasteiger charge is 2.23. The van der Waals surface area contributed by atoms with Crippen molar-refractivity contribution in [2.75, 3.05) is 0 Å². The number of carbonyl (C=O) groups is 2. The average molecular weight is 389 g/mol. The van der Waals surface area contributed by atoms with Crippen molar-refractivity contribution < 1.29 is 14.7 Å². The minimum Gasteiger partial charge on any atom is -0.478 e. The van der Waals surface area contributed by atoms with Crippen LogP contribution in [-0.2, 0) is 17.9 Å². The fraction of sp³-hybridized carbons (Fsp3) is 0.280. The second-order valence-corrected chi connectivity index (χ2v) is 7.27. The summed E-state index contributed by atoms with van der Waals surface area (Å²) in [6, 6.07) is 13.0. The summed E-state index contributed by atoms with van der Waals surface area (Å²) in [6.07, 6.45) is 12.4. The number of aromatic carboxylic acids is 1. The number of rotatable bonds is 4. The lowest BCUT2D eigenvalue weighted by Crippen LogP contribution is -2.24. The predicted molar refractivity (Wildman–Crippen MR) is 116 cm³/mol. The van der Waals surface area contributed by atoms with E-state index < -0.39 is 5.97 Å². The zero-order chi connectivity index (χ0) is 20.6. The van der Waals surface area contributed by atoms with Crippen LogP contribution < -0.4 is 0 Å². The number of amides is 1. The van der Waals surface area contributed by atoms with Gasteiger partial charge in [-0.1, -0.05) is 61.6 Å². The predicted octanol–water partition coefficient (Wildman–Crippen LogP) is 5.59. The molecule has 0 bridgehead atoms. The number of benzene rings is 2. The maximum Gasteiger partial charge on any atom is 0.336 e. The quantitative estimate of drug-likeness (QED) is 0.742. The van der Waals surface area contributed by atoms with Crippen LogP contribution in [0.15, 0.2) is 66.8 Å². The van der Waals surface area contributed by atoms with Crippen molar-refractivity contribution in [3.05, 3.63) is 83.5 Å². The van der Waals surface area contributed by atoms with Crippen molar-refractivity contribution in [3.8, 4) is 11.1 Å². The van der Waals surface area contributed by atoms with Crippen molar-refractivity contribution in [2.24, 2.45) is 0 Å². The Hall–Kier alpha value is -3.14. The zero-order valence-corrected chi connectivity index (χ0v) is 16.8. The summed E-state index contributed by atoms with van der Waals surface area (Å²) in [5, 5.41) is 9.34. The zero-order valence-electron chi connectivity index (χ0n) is 16.8. The highest BCUT2D eigenvalue weighted by molar-refractivity contribution is 5.96. The van der Waals surface area contributed by atoms with E-state index in [4.69, 9.17) is 0 Å². The van der Waals surface area contributed by atoms with E-state index >= 15 is 0 Å². The summed E-state index contributed by atoms with van der Waals surface area (Å²) in [6.45, 7) is 3.26. The molecule has 0 saturated heterocycles. The Labute approximate surface area is 172 Å². The molecule has 0 unspecified atom stereocenters. The second-order valence-electron chi connectivity index (χ2n) is 7.27. The van der Waals surface area contributed by atoms with Gasteiger partial charge in [-0.2, -0.15) is 0 Å². The largest absolute Gasteiger partial charge is 0.478 e. The van der Waals surface area contributed by atoms with Crippen molar-refractivity contribution in [3.63, 3.8) is 0 Å². The van der Waals surface area contributed by atoms with E-state index in [2.05, 4.69) is 24.3 Å². The third-order valence-electron chi connectivity index (χ3n) is 5.10. The first kappa shape index (κ1) is 20.6. The highest BCUT2D eigenvalue weighted by Crippen LogP contribution is 2.30. The molecule has 2 aliphatic rings. The van der Waals surface area contributed by atoms with Crippen molar-refractivity contribution in [2.45, 2.75) is 45.7 Å². The van der Waals surface area contributed by atoms with Crippen LogP contribution in [0.1, 0.15) is 54.1 Å². The molecule has 29 heavy (non-hydrogen) atoms. The Balaban J connectivity index is 0.000000343. The van der Waals surface area contributed by atoms with Crippen LogP contribution in [0.3, 0.4) is 0 Å². The number of fused-ring (bicyclic) bond motifs is 1. The SMILES string of the molecule is C1=CCCC=C1.CCCC(=O)N1Cc2ccc(-c3ccccc3C(=O)O)cc2C1. The van der Waals surface area contributed by atoms with E-state index in [1.54, 1.807) is 12.1 Å². The number of hydrogen-bond acceptors (Lipinski definition) is 2. The first-order chi connectivity index (χ1) is 14.1. The molecule has 2 aromatic rings. The average Bonchev–Trinajstić information content (AvgIpc) is 3.19. The monoisotopic (exact) mass is 389 g/mol. The molecular weight excluding hydrogens is 362 g/mol. The fourth-order valence-corrected chi connectivity index (χ4v) is 3.57. The van der Waals surface area contributed by atoms with E-state index in [-0.39, 0.29) is 5.91 Å². The van der Waals surface area contributed by atoms with Crippen molar-refractivity contribution in [1.82, 2.24) is 4.90 Å². The molecule has 4 heteroatoms. The summed E-state index contributed by atoms with van der Waals surface area (Å²) >= 11 is 0. The van der Waals surface area contributed by atoms with Crippen LogP contribution in [0.25, 0.3) is 11.1 Å². The Morgan fingerprint density at radius 1 is 0.966 bits per heavy atom. The lowest BCUT2D eigenvalue weighted by Gasteiger charge is -2.14. The molecule has 2 aromatic carbocycles. The number of carbonyl (C=O) groups excluding carboxylic acids is 1. The van der Waals surface area contributed by atoms with Gasteiger partial charge in [0.15, 0.2) is 0 Å². The molecule has 1 heterocycles. The van der Waals surface area contributed by atoms with Crippen LogP contribution in [-0.4, -0.2) is 21.9 Å². The Bertz CT molecular complexity index is 931. The first-order valence-electron chi connectivity index (χ1n) is 10.1. The molecule has 0 saturated carbocycles. The van der Waals surface area contributed by atoms with Gasteiger partial charge < -0.3 is 10.0 Å². The molecule has 0 aromatic heterocycles. The first-order valence-corrected chi connectivity index (χ1v) is 10.1. The van der Waals surface area contributed by atoms with Gasteiger partial charge in [-0.25, -0.2) is 4.79 Å². The van der Waals surface area contributed by atoms with Crippen LogP contribution in [0.4, 0.5) is 0 Å². The van der Waals surface area contributed by atoms with E-state index in [1.807, 2.05) is 42.2 Å². The Kier molecular flexibility index (Phi) is 7.01. The number of allylic oxidation sites excluding steroid dienone is 4. The molecule has 0 radical (unpaired) electrons. The molecule has 4 nitrogen and oxygen atoms in total.